The first kappa shape index (κ1) is 20.6. The van der Waals surface area contributed by atoms with Gasteiger partial charge in [0.05, 0.1) is 6.21 Å². The Kier molecular flexibility index (Phi) is 7.49. The van der Waals surface area contributed by atoms with Gasteiger partial charge in [-0.3, -0.25) is 9.59 Å². The molecule has 142 valence electrons. The normalized spacial score (nSPS) is 12.2. The molecule has 0 saturated carbocycles. The standard InChI is InChI=1S/C20H21ClFN3O2/c1-13(2)11-18(24-19(26)15-5-7-16(21)8-6-15)20(27)25-23-12-14-3-9-17(22)10-4-14/h3-10,12-13,18H,11H2,1-2H3,(H,24,26)(H,25,27)/b23-12+. The van der Waals surface area contributed by atoms with Gasteiger partial charge >= 0.3 is 0 Å². The zero-order valence-corrected chi connectivity index (χ0v) is 15.8. The minimum Gasteiger partial charge on any atom is -0.340 e. The third-order valence-electron chi connectivity index (χ3n) is 3.69. The fourth-order valence-electron chi connectivity index (χ4n) is 2.34. The van der Waals surface area contributed by atoms with Crippen molar-refractivity contribution in [2.45, 2.75) is 26.3 Å². The molecule has 2 rings (SSSR count). The van der Waals surface area contributed by atoms with E-state index >= 15 is 0 Å². The number of nitrogens with zero attached hydrogens (tertiary/aromatic N) is 1. The van der Waals surface area contributed by atoms with Crippen LogP contribution in [-0.4, -0.2) is 24.1 Å². The maximum absolute atomic E-state index is 12.9. The zero-order valence-electron chi connectivity index (χ0n) is 15.1. The summed E-state index contributed by atoms with van der Waals surface area (Å²) in [5.41, 5.74) is 3.47. The third-order valence-corrected chi connectivity index (χ3v) is 3.95. The number of hydrogen-bond donors (Lipinski definition) is 2. The Morgan fingerprint density at radius 2 is 1.74 bits per heavy atom. The highest BCUT2D eigenvalue weighted by Crippen LogP contribution is 2.11. The van der Waals surface area contributed by atoms with Crippen LogP contribution < -0.4 is 10.7 Å². The van der Waals surface area contributed by atoms with Crippen LogP contribution in [0.4, 0.5) is 4.39 Å². The SMILES string of the molecule is CC(C)CC(NC(=O)c1ccc(Cl)cc1)C(=O)N/N=C/c1ccc(F)cc1. The molecule has 0 aliphatic rings. The molecule has 0 aliphatic carbocycles. The highest BCUT2D eigenvalue weighted by Gasteiger charge is 2.22. The van der Waals surface area contributed by atoms with Gasteiger partial charge in [0.15, 0.2) is 0 Å². The molecule has 27 heavy (non-hydrogen) atoms. The molecule has 2 N–H and O–H groups in total. The average Bonchev–Trinajstić information content (AvgIpc) is 2.63. The van der Waals surface area contributed by atoms with Crippen molar-refractivity contribution < 1.29 is 14.0 Å². The molecule has 0 spiro atoms. The van der Waals surface area contributed by atoms with Gasteiger partial charge in [-0.2, -0.15) is 5.10 Å². The molecule has 0 heterocycles. The van der Waals surface area contributed by atoms with Crippen molar-refractivity contribution in [1.82, 2.24) is 10.7 Å². The monoisotopic (exact) mass is 389 g/mol. The van der Waals surface area contributed by atoms with E-state index in [4.69, 9.17) is 11.6 Å². The molecule has 5 nitrogen and oxygen atoms in total. The number of carbonyl (C=O) groups is 2. The number of carbonyl (C=O) groups excluding carboxylic acids is 2. The van der Waals surface area contributed by atoms with Crippen molar-refractivity contribution in [3.05, 3.63) is 70.5 Å². The lowest BCUT2D eigenvalue weighted by molar-refractivity contribution is -0.123. The predicted molar refractivity (Wildman–Crippen MR) is 104 cm³/mol. The van der Waals surface area contributed by atoms with E-state index in [-0.39, 0.29) is 17.6 Å². The molecule has 0 aromatic heterocycles. The van der Waals surface area contributed by atoms with E-state index in [2.05, 4.69) is 15.8 Å². The molecule has 0 fully saturated rings. The maximum atomic E-state index is 12.9. The van der Waals surface area contributed by atoms with E-state index in [0.717, 1.165) is 0 Å². The Morgan fingerprint density at radius 3 is 2.33 bits per heavy atom. The van der Waals surface area contributed by atoms with E-state index in [9.17, 15) is 14.0 Å². The molecule has 2 aromatic rings. The number of hydrazone groups is 1. The van der Waals surface area contributed by atoms with Crippen molar-refractivity contribution >= 4 is 29.6 Å². The predicted octanol–water partition coefficient (Wildman–Crippen LogP) is 3.77. The Balaban J connectivity index is 2.01. The average molecular weight is 390 g/mol. The van der Waals surface area contributed by atoms with Gasteiger partial charge in [0, 0.05) is 10.6 Å². The van der Waals surface area contributed by atoms with Gasteiger partial charge in [-0.25, -0.2) is 9.82 Å². The van der Waals surface area contributed by atoms with Crippen LogP contribution in [0, 0.1) is 11.7 Å². The smallest absolute Gasteiger partial charge is 0.262 e. The fraction of sp³-hybridized carbons (Fsp3) is 0.250. The van der Waals surface area contributed by atoms with Gasteiger partial charge in [0.2, 0.25) is 0 Å². The van der Waals surface area contributed by atoms with Crippen molar-refractivity contribution in [2.75, 3.05) is 0 Å². The molecular formula is C20H21ClFN3O2. The number of amides is 2. The minimum atomic E-state index is -0.737. The quantitative estimate of drug-likeness (QED) is 0.559. The fourth-order valence-corrected chi connectivity index (χ4v) is 2.47. The van der Waals surface area contributed by atoms with Crippen molar-refractivity contribution in [3.8, 4) is 0 Å². The lowest BCUT2D eigenvalue weighted by atomic mass is 10.0. The van der Waals surface area contributed by atoms with Crippen LogP contribution >= 0.6 is 11.6 Å². The summed E-state index contributed by atoms with van der Waals surface area (Å²) in [6.45, 7) is 3.91. The Hall–Kier alpha value is -2.73. The second kappa shape index (κ2) is 9.83. The molecule has 0 radical (unpaired) electrons. The minimum absolute atomic E-state index is 0.187. The summed E-state index contributed by atoms with van der Waals surface area (Å²) in [6.07, 6.45) is 1.86. The largest absolute Gasteiger partial charge is 0.340 e. The van der Waals surface area contributed by atoms with Crippen LogP contribution in [0.2, 0.25) is 5.02 Å². The van der Waals surface area contributed by atoms with Gasteiger partial charge in [-0.15, -0.1) is 0 Å². The second-order valence-electron chi connectivity index (χ2n) is 6.45. The lowest BCUT2D eigenvalue weighted by Crippen LogP contribution is -2.46. The van der Waals surface area contributed by atoms with Crippen LogP contribution in [0.1, 0.15) is 36.2 Å². The van der Waals surface area contributed by atoms with Gasteiger partial charge in [0.25, 0.3) is 11.8 Å². The Bertz CT molecular complexity index is 805. The molecule has 1 atom stereocenters. The first-order valence-corrected chi connectivity index (χ1v) is 8.88. The third kappa shape index (κ3) is 6.83. The first-order valence-electron chi connectivity index (χ1n) is 8.50. The van der Waals surface area contributed by atoms with E-state index in [0.29, 0.717) is 22.6 Å². The van der Waals surface area contributed by atoms with Crippen molar-refractivity contribution in [3.63, 3.8) is 0 Å². The number of rotatable bonds is 7. The summed E-state index contributed by atoms with van der Waals surface area (Å²) in [4.78, 5) is 24.8. The van der Waals surface area contributed by atoms with Crippen LogP contribution in [0.15, 0.2) is 53.6 Å². The zero-order chi connectivity index (χ0) is 19.8. The highest BCUT2D eigenvalue weighted by atomic mass is 35.5. The highest BCUT2D eigenvalue weighted by molar-refractivity contribution is 6.30. The second-order valence-corrected chi connectivity index (χ2v) is 6.88. The number of nitrogens with one attached hydrogen (secondary N) is 2. The maximum Gasteiger partial charge on any atom is 0.262 e. The molecule has 2 amide bonds. The number of hydrogen-bond acceptors (Lipinski definition) is 3. The summed E-state index contributed by atoms with van der Waals surface area (Å²) in [6, 6.07) is 11.4. The summed E-state index contributed by atoms with van der Waals surface area (Å²) < 4.78 is 12.9. The van der Waals surface area contributed by atoms with E-state index in [1.54, 1.807) is 36.4 Å². The Labute approximate surface area is 162 Å². The first-order chi connectivity index (χ1) is 12.8. The molecule has 0 saturated heterocycles. The lowest BCUT2D eigenvalue weighted by Gasteiger charge is -2.19. The molecular weight excluding hydrogens is 369 g/mol. The summed E-state index contributed by atoms with van der Waals surface area (Å²) in [5.74, 6) is -0.954. The summed E-state index contributed by atoms with van der Waals surface area (Å²) in [5, 5.41) is 7.12. The van der Waals surface area contributed by atoms with Crippen molar-refractivity contribution in [2.24, 2.45) is 11.0 Å². The summed E-state index contributed by atoms with van der Waals surface area (Å²) in [7, 11) is 0. The van der Waals surface area contributed by atoms with E-state index in [1.807, 2.05) is 13.8 Å². The number of benzene rings is 2. The number of halogens is 2. The summed E-state index contributed by atoms with van der Waals surface area (Å²) >= 11 is 5.83. The molecule has 0 bridgehead atoms. The van der Waals surface area contributed by atoms with Crippen molar-refractivity contribution in [1.29, 1.82) is 0 Å². The van der Waals surface area contributed by atoms with Crippen LogP contribution in [-0.2, 0) is 4.79 Å². The Morgan fingerprint density at radius 1 is 1.11 bits per heavy atom. The van der Waals surface area contributed by atoms with Gasteiger partial charge in [-0.05, 0) is 54.3 Å². The molecule has 2 aromatic carbocycles. The van der Waals surface area contributed by atoms with E-state index in [1.165, 1.54) is 18.3 Å². The van der Waals surface area contributed by atoms with Gasteiger partial charge in [0.1, 0.15) is 11.9 Å². The van der Waals surface area contributed by atoms with Crippen LogP contribution in [0.5, 0.6) is 0 Å². The van der Waals surface area contributed by atoms with Crippen LogP contribution in [0.25, 0.3) is 0 Å². The molecule has 0 aliphatic heterocycles. The molecule has 1 unspecified atom stereocenters. The molecule has 7 heteroatoms. The van der Waals surface area contributed by atoms with E-state index < -0.39 is 11.9 Å². The topological polar surface area (TPSA) is 70.6 Å². The van der Waals surface area contributed by atoms with Crippen LogP contribution in [0.3, 0.4) is 0 Å². The van der Waals surface area contributed by atoms with Gasteiger partial charge in [-0.1, -0.05) is 37.6 Å². The van der Waals surface area contributed by atoms with Gasteiger partial charge < -0.3 is 5.32 Å².